The van der Waals surface area contributed by atoms with Gasteiger partial charge < -0.3 is 5.32 Å². The van der Waals surface area contributed by atoms with Crippen LogP contribution in [0.15, 0.2) is 60.7 Å². The summed E-state index contributed by atoms with van der Waals surface area (Å²) in [4.78, 5) is 14.3. The number of carbonyl (C=O) groups excluding carboxylic acids is 1. The lowest BCUT2D eigenvalue weighted by atomic mass is 10.1. The highest BCUT2D eigenvalue weighted by Crippen LogP contribution is 2.30. The number of aryl methyl sites for hydroxylation is 2. The molecular weight excluding hydrogens is 342 g/mol. The maximum atomic E-state index is 12.6. The van der Waals surface area contributed by atoms with Crippen molar-refractivity contribution in [2.24, 2.45) is 0 Å². The van der Waals surface area contributed by atoms with Gasteiger partial charge in [0.1, 0.15) is 4.83 Å². The Morgan fingerprint density at radius 2 is 1.81 bits per heavy atom. The number of hydrogen-bond acceptors (Lipinski definition) is 3. The molecule has 2 aromatic heterocycles. The van der Waals surface area contributed by atoms with E-state index in [2.05, 4.69) is 29.5 Å². The quantitative estimate of drug-likeness (QED) is 0.576. The number of amides is 1. The highest BCUT2D eigenvalue weighted by Gasteiger charge is 2.17. The van der Waals surface area contributed by atoms with E-state index in [0.717, 1.165) is 27.2 Å². The van der Waals surface area contributed by atoms with Crippen molar-refractivity contribution in [3.05, 3.63) is 82.4 Å². The average Bonchev–Trinajstić information content (AvgIpc) is 3.23. The van der Waals surface area contributed by atoms with Crippen molar-refractivity contribution < 1.29 is 4.79 Å². The third-order valence-corrected chi connectivity index (χ3v) is 5.45. The van der Waals surface area contributed by atoms with Gasteiger partial charge in [0.25, 0.3) is 5.91 Å². The number of carbonyl (C=O) groups is 1. The summed E-state index contributed by atoms with van der Waals surface area (Å²) in [6.45, 7) is 4.55. The number of aromatic nitrogens is 2. The van der Waals surface area contributed by atoms with Gasteiger partial charge in [-0.1, -0.05) is 48.0 Å². The fourth-order valence-electron chi connectivity index (χ4n) is 2.88. The molecule has 2 heterocycles. The van der Waals surface area contributed by atoms with Gasteiger partial charge in [0, 0.05) is 11.9 Å². The van der Waals surface area contributed by atoms with Gasteiger partial charge in [-0.3, -0.25) is 4.79 Å². The van der Waals surface area contributed by atoms with Gasteiger partial charge in [-0.25, -0.2) is 4.68 Å². The van der Waals surface area contributed by atoms with Gasteiger partial charge in [0.05, 0.1) is 16.3 Å². The molecule has 0 atom stereocenters. The fraction of sp³-hybridized carbons (Fsp3) is 0.143. The number of nitrogens with zero attached hydrogens (tertiary/aromatic N) is 2. The normalized spacial score (nSPS) is 11.0. The molecule has 4 aromatic rings. The molecule has 4 nitrogen and oxygen atoms in total. The summed E-state index contributed by atoms with van der Waals surface area (Å²) in [6, 6.07) is 20.1. The van der Waals surface area contributed by atoms with Crippen LogP contribution in [0.1, 0.15) is 26.5 Å². The Hall–Kier alpha value is -2.92. The standard InChI is InChI=1S/C21H19N3OS/c1-14-8-10-16(11-9-14)13-22-20(25)19-12-18-15(2)23-24(21(18)26-19)17-6-4-3-5-7-17/h3-12H,13H2,1-2H3,(H,22,25). The highest BCUT2D eigenvalue weighted by molar-refractivity contribution is 7.20. The van der Waals surface area contributed by atoms with Crippen LogP contribution in [0.2, 0.25) is 0 Å². The van der Waals surface area contributed by atoms with Crippen molar-refractivity contribution in [2.75, 3.05) is 0 Å². The van der Waals surface area contributed by atoms with Crippen molar-refractivity contribution in [2.45, 2.75) is 20.4 Å². The molecule has 0 radical (unpaired) electrons. The molecule has 130 valence electrons. The first kappa shape index (κ1) is 16.5. The van der Waals surface area contributed by atoms with Crippen LogP contribution in [0.25, 0.3) is 15.9 Å². The second-order valence-corrected chi connectivity index (χ2v) is 7.36. The molecular formula is C21H19N3OS. The number of nitrogens with one attached hydrogen (secondary N) is 1. The van der Waals surface area contributed by atoms with Crippen LogP contribution in [0.5, 0.6) is 0 Å². The lowest BCUT2D eigenvalue weighted by Gasteiger charge is -2.04. The van der Waals surface area contributed by atoms with E-state index < -0.39 is 0 Å². The summed E-state index contributed by atoms with van der Waals surface area (Å²) < 4.78 is 1.91. The van der Waals surface area contributed by atoms with Gasteiger partial charge in [-0.05, 0) is 37.6 Å². The van der Waals surface area contributed by atoms with Crippen molar-refractivity contribution in [3.63, 3.8) is 0 Å². The van der Waals surface area contributed by atoms with Crippen molar-refractivity contribution in [1.29, 1.82) is 0 Å². The largest absolute Gasteiger partial charge is 0.347 e. The van der Waals surface area contributed by atoms with Crippen LogP contribution in [-0.4, -0.2) is 15.7 Å². The van der Waals surface area contributed by atoms with Gasteiger partial charge in [-0.2, -0.15) is 5.10 Å². The van der Waals surface area contributed by atoms with Crippen LogP contribution < -0.4 is 5.32 Å². The second-order valence-electron chi connectivity index (χ2n) is 6.33. The first-order valence-corrected chi connectivity index (χ1v) is 9.32. The third kappa shape index (κ3) is 3.13. The van der Waals surface area contributed by atoms with Gasteiger partial charge >= 0.3 is 0 Å². The van der Waals surface area contributed by atoms with E-state index in [9.17, 15) is 4.79 Å². The first-order valence-electron chi connectivity index (χ1n) is 8.50. The Balaban J connectivity index is 1.59. The molecule has 5 heteroatoms. The molecule has 2 aromatic carbocycles. The monoisotopic (exact) mass is 361 g/mol. The SMILES string of the molecule is Cc1ccc(CNC(=O)c2cc3c(C)nn(-c4ccccc4)c3s2)cc1. The fourth-order valence-corrected chi connectivity index (χ4v) is 3.98. The molecule has 0 aliphatic rings. The lowest BCUT2D eigenvalue weighted by Crippen LogP contribution is -2.21. The molecule has 26 heavy (non-hydrogen) atoms. The lowest BCUT2D eigenvalue weighted by molar-refractivity contribution is 0.0955. The smallest absolute Gasteiger partial charge is 0.261 e. The molecule has 0 unspecified atom stereocenters. The van der Waals surface area contributed by atoms with Crippen LogP contribution in [0.4, 0.5) is 0 Å². The van der Waals surface area contributed by atoms with E-state index in [1.165, 1.54) is 16.9 Å². The Morgan fingerprint density at radius 1 is 1.08 bits per heavy atom. The van der Waals surface area contributed by atoms with Crippen molar-refractivity contribution >= 4 is 27.5 Å². The Kier molecular flexibility index (Phi) is 4.31. The molecule has 0 spiro atoms. The third-order valence-electron chi connectivity index (χ3n) is 4.34. The maximum Gasteiger partial charge on any atom is 0.261 e. The average molecular weight is 361 g/mol. The molecule has 0 bridgehead atoms. The van der Waals surface area contributed by atoms with E-state index in [1.807, 2.05) is 60.1 Å². The number of rotatable bonds is 4. The summed E-state index contributed by atoms with van der Waals surface area (Å²) in [5.41, 5.74) is 4.24. The van der Waals surface area contributed by atoms with Gasteiger partial charge in [-0.15, -0.1) is 11.3 Å². The van der Waals surface area contributed by atoms with Crippen LogP contribution in [0, 0.1) is 13.8 Å². The van der Waals surface area contributed by atoms with E-state index in [4.69, 9.17) is 0 Å². The second kappa shape index (κ2) is 6.77. The molecule has 0 saturated heterocycles. The number of hydrogen-bond donors (Lipinski definition) is 1. The molecule has 0 aliphatic carbocycles. The zero-order chi connectivity index (χ0) is 18.1. The first-order chi connectivity index (χ1) is 12.6. The molecule has 1 amide bonds. The highest BCUT2D eigenvalue weighted by atomic mass is 32.1. The summed E-state index contributed by atoms with van der Waals surface area (Å²) in [5.74, 6) is -0.0502. The van der Waals surface area contributed by atoms with Gasteiger partial charge in [0.2, 0.25) is 0 Å². The number of benzene rings is 2. The summed E-state index contributed by atoms with van der Waals surface area (Å²) in [5, 5.41) is 8.65. The minimum Gasteiger partial charge on any atom is -0.347 e. The van der Waals surface area contributed by atoms with Crippen LogP contribution in [0.3, 0.4) is 0 Å². The van der Waals surface area contributed by atoms with E-state index in [0.29, 0.717) is 11.4 Å². The molecule has 0 aliphatic heterocycles. The minimum absolute atomic E-state index is 0.0502. The Labute approximate surface area is 156 Å². The number of fused-ring (bicyclic) bond motifs is 1. The summed E-state index contributed by atoms with van der Waals surface area (Å²) in [6.07, 6.45) is 0. The predicted octanol–water partition coefficient (Wildman–Crippen LogP) is 4.63. The predicted molar refractivity (Wildman–Crippen MR) is 106 cm³/mol. The molecule has 1 N–H and O–H groups in total. The van der Waals surface area contributed by atoms with Crippen molar-refractivity contribution in [3.8, 4) is 5.69 Å². The van der Waals surface area contributed by atoms with Crippen LogP contribution >= 0.6 is 11.3 Å². The summed E-state index contributed by atoms with van der Waals surface area (Å²) >= 11 is 1.47. The van der Waals surface area contributed by atoms with Crippen LogP contribution in [-0.2, 0) is 6.54 Å². The molecule has 0 fully saturated rings. The number of thiophene rings is 1. The van der Waals surface area contributed by atoms with Gasteiger partial charge in [0.15, 0.2) is 0 Å². The topological polar surface area (TPSA) is 46.9 Å². The zero-order valence-electron chi connectivity index (χ0n) is 14.7. The summed E-state index contributed by atoms with van der Waals surface area (Å²) in [7, 11) is 0. The van der Waals surface area contributed by atoms with Crippen molar-refractivity contribution in [1.82, 2.24) is 15.1 Å². The molecule has 4 rings (SSSR count). The van der Waals surface area contributed by atoms with E-state index in [-0.39, 0.29) is 5.91 Å². The maximum absolute atomic E-state index is 12.6. The zero-order valence-corrected chi connectivity index (χ0v) is 15.5. The minimum atomic E-state index is -0.0502. The number of para-hydroxylation sites is 1. The molecule has 0 saturated carbocycles. The van der Waals surface area contributed by atoms with E-state index >= 15 is 0 Å². The Bertz CT molecular complexity index is 1060. The van der Waals surface area contributed by atoms with E-state index in [1.54, 1.807) is 0 Å². The Morgan fingerprint density at radius 3 is 2.54 bits per heavy atom.